The van der Waals surface area contributed by atoms with Gasteiger partial charge < -0.3 is 10.6 Å². The molecular weight excluding hydrogens is 352 g/mol. The summed E-state index contributed by atoms with van der Waals surface area (Å²) in [6, 6.07) is 12.1. The number of rotatable bonds is 2. The molecule has 0 spiro atoms. The van der Waals surface area contributed by atoms with Crippen LogP contribution in [0, 0.1) is 5.92 Å². The Balaban J connectivity index is 1.55. The van der Waals surface area contributed by atoms with Crippen molar-refractivity contribution in [3.8, 4) is 0 Å². The van der Waals surface area contributed by atoms with E-state index in [1.807, 2.05) is 36.4 Å². The van der Waals surface area contributed by atoms with Gasteiger partial charge in [-0.05, 0) is 55.5 Å². The highest BCUT2D eigenvalue weighted by molar-refractivity contribution is 6.04. The van der Waals surface area contributed by atoms with Crippen LogP contribution in [0.25, 0.3) is 5.70 Å². The van der Waals surface area contributed by atoms with Crippen LogP contribution in [0.1, 0.15) is 37.1 Å². The molecule has 0 radical (unpaired) electrons. The molecule has 0 aromatic carbocycles. The van der Waals surface area contributed by atoms with Gasteiger partial charge in [0.15, 0.2) is 0 Å². The number of carbonyl (C=O) groups is 1. The van der Waals surface area contributed by atoms with Crippen molar-refractivity contribution in [2.45, 2.75) is 37.8 Å². The number of allylic oxidation sites excluding steroid dienone is 1. The summed E-state index contributed by atoms with van der Waals surface area (Å²) >= 11 is 0. The summed E-state index contributed by atoms with van der Waals surface area (Å²) in [7, 11) is 0. The molecule has 2 aliphatic heterocycles. The van der Waals surface area contributed by atoms with E-state index in [0.29, 0.717) is 0 Å². The maximum Gasteiger partial charge on any atom is 0.315 e. The number of pyridine rings is 2. The van der Waals surface area contributed by atoms with E-state index in [0.717, 1.165) is 48.5 Å². The second-order valence-corrected chi connectivity index (χ2v) is 7.44. The first-order valence-electron chi connectivity index (χ1n) is 9.76. The molecule has 1 aliphatic carbocycles. The lowest BCUT2D eigenvalue weighted by molar-refractivity contribution is 0.246. The van der Waals surface area contributed by atoms with Gasteiger partial charge in [-0.2, -0.15) is 5.10 Å². The number of fused-ring (bicyclic) bond motifs is 2. The second kappa shape index (κ2) is 7.07. The van der Waals surface area contributed by atoms with Crippen LogP contribution < -0.4 is 16.1 Å². The number of aromatic nitrogens is 2. The molecule has 28 heavy (non-hydrogen) atoms. The zero-order valence-electron chi connectivity index (χ0n) is 15.4. The predicted molar refractivity (Wildman–Crippen MR) is 106 cm³/mol. The van der Waals surface area contributed by atoms with Gasteiger partial charge in [0.05, 0.1) is 34.9 Å². The minimum Gasteiger partial charge on any atom is -0.333 e. The van der Waals surface area contributed by atoms with Crippen molar-refractivity contribution < 1.29 is 4.79 Å². The largest absolute Gasteiger partial charge is 0.333 e. The molecule has 2 fully saturated rings. The van der Waals surface area contributed by atoms with Gasteiger partial charge in [0, 0.05) is 18.3 Å². The number of hydrogen-bond donors (Lipinski definition) is 3. The highest BCUT2D eigenvalue weighted by atomic mass is 16.2. The molecule has 2 amide bonds. The van der Waals surface area contributed by atoms with Gasteiger partial charge in [0.25, 0.3) is 0 Å². The smallest absolute Gasteiger partial charge is 0.315 e. The molecule has 1 saturated heterocycles. The first-order chi connectivity index (χ1) is 13.8. The Labute approximate surface area is 163 Å². The summed E-state index contributed by atoms with van der Waals surface area (Å²) in [5.74, 6) is 0.159. The third kappa shape index (κ3) is 3.02. The van der Waals surface area contributed by atoms with Gasteiger partial charge in [-0.25, -0.2) is 4.79 Å². The van der Waals surface area contributed by atoms with Gasteiger partial charge in [-0.1, -0.05) is 12.1 Å². The first-order valence-corrected chi connectivity index (χ1v) is 9.76. The van der Waals surface area contributed by atoms with Crippen LogP contribution in [0.2, 0.25) is 0 Å². The van der Waals surface area contributed by atoms with Crippen molar-refractivity contribution in [3.63, 3.8) is 0 Å². The van der Waals surface area contributed by atoms with Crippen molar-refractivity contribution in [2.24, 2.45) is 11.0 Å². The van der Waals surface area contributed by atoms with Crippen molar-refractivity contribution >= 4 is 17.4 Å². The monoisotopic (exact) mass is 374 g/mol. The van der Waals surface area contributed by atoms with Crippen LogP contribution in [0.5, 0.6) is 0 Å². The molecule has 0 bridgehead atoms. The van der Waals surface area contributed by atoms with Crippen LogP contribution in [0.4, 0.5) is 4.79 Å². The SMILES string of the molecule is O=C1N[C@H]2CCC3C(c4ccccn4)=NNC(c4ccccn4)=C3CC[C@H]2N1. The van der Waals surface area contributed by atoms with E-state index >= 15 is 0 Å². The van der Waals surface area contributed by atoms with Crippen LogP contribution in [-0.2, 0) is 0 Å². The number of nitrogens with zero attached hydrogens (tertiary/aromatic N) is 3. The molecule has 5 rings (SSSR count). The molecule has 7 nitrogen and oxygen atoms in total. The number of carbonyl (C=O) groups excluding carboxylic acids is 1. The van der Waals surface area contributed by atoms with Crippen LogP contribution in [-0.4, -0.2) is 33.8 Å². The maximum atomic E-state index is 11.8. The number of hydrogen-bond acceptors (Lipinski definition) is 5. The highest BCUT2D eigenvalue weighted by Crippen LogP contribution is 2.37. The Morgan fingerprint density at radius 1 is 0.857 bits per heavy atom. The van der Waals surface area contributed by atoms with Gasteiger partial charge in [-0.15, -0.1) is 0 Å². The van der Waals surface area contributed by atoms with Gasteiger partial charge in [-0.3, -0.25) is 15.4 Å². The number of urea groups is 1. The van der Waals surface area contributed by atoms with E-state index in [9.17, 15) is 4.79 Å². The minimum atomic E-state index is -0.0597. The van der Waals surface area contributed by atoms with Crippen LogP contribution in [0.3, 0.4) is 0 Å². The molecule has 1 saturated carbocycles. The Kier molecular flexibility index (Phi) is 4.27. The fraction of sp³-hybridized carbons (Fsp3) is 0.333. The fourth-order valence-electron chi connectivity index (χ4n) is 4.48. The lowest BCUT2D eigenvalue weighted by Gasteiger charge is -2.33. The molecule has 1 unspecified atom stereocenters. The summed E-state index contributed by atoms with van der Waals surface area (Å²) in [4.78, 5) is 20.9. The van der Waals surface area contributed by atoms with E-state index in [4.69, 9.17) is 5.10 Å². The summed E-state index contributed by atoms with van der Waals surface area (Å²) in [6.07, 6.45) is 7.18. The van der Waals surface area contributed by atoms with Gasteiger partial charge in [0.1, 0.15) is 0 Å². The van der Waals surface area contributed by atoms with Crippen LogP contribution >= 0.6 is 0 Å². The third-order valence-corrected chi connectivity index (χ3v) is 5.82. The van der Waals surface area contributed by atoms with Crippen molar-refractivity contribution in [1.82, 2.24) is 26.0 Å². The van der Waals surface area contributed by atoms with E-state index in [2.05, 4.69) is 26.0 Å². The number of hydrazone groups is 1. The van der Waals surface area contributed by atoms with Crippen molar-refractivity contribution in [3.05, 3.63) is 65.8 Å². The Morgan fingerprint density at radius 3 is 2.29 bits per heavy atom. The lowest BCUT2D eigenvalue weighted by Crippen LogP contribution is -2.39. The average Bonchev–Trinajstić information content (AvgIpc) is 3.08. The van der Waals surface area contributed by atoms with Crippen molar-refractivity contribution in [2.75, 3.05) is 0 Å². The summed E-state index contributed by atoms with van der Waals surface area (Å²) < 4.78 is 0. The summed E-state index contributed by atoms with van der Waals surface area (Å²) in [6.45, 7) is 0. The number of nitrogens with one attached hydrogen (secondary N) is 3. The zero-order valence-corrected chi connectivity index (χ0v) is 15.4. The molecule has 4 heterocycles. The maximum absolute atomic E-state index is 11.8. The second-order valence-electron chi connectivity index (χ2n) is 7.44. The molecule has 3 atom stereocenters. The third-order valence-electron chi connectivity index (χ3n) is 5.82. The van der Waals surface area contributed by atoms with Gasteiger partial charge >= 0.3 is 6.03 Å². The number of amides is 2. The Bertz CT molecular complexity index is 940. The highest BCUT2D eigenvalue weighted by Gasteiger charge is 2.38. The van der Waals surface area contributed by atoms with E-state index in [1.54, 1.807) is 12.4 Å². The van der Waals surface area contributed by atoms with E-state index in [-0.39, 0.29) is 24.0 Å². The fourth-order valence-corrected chi connectivity index (χ4v) is 4.48. The molecule has 2 aromatic heterocycles. The first kappa shape index (κ1) is 16.9. The average molecular weight is 374 g/mol. The summed E-state index contributed by atoms with van der Waals surface area (Å²) in [5.41, 5.74) is 8.30. The summed E-state index contributed by atoms with van der Waals surface area (Å²) in [5, 5.41) is 10.9. The van der Waals surface area contributed by atoms with Crippen LogP contribution in [0.15, 0.2) is 59.5 Å². The lowest BCUT2D eigenvalue weighted by atomic mass is 9.78. The topological polar surface area (TPSA) is 91.3 Å². The van der Waals surface area contributed by atoms with Gasteiger partial charge in [0.2, 0.25) is 0 Å². The minimum absolute atomic E-state index is 0.0597. The predicted octanol–water partition coefficient (Wildman–Crippen LogP) is 2.44. The zero-order chi connectivity index (χ0) is 18.9. The molecule has 2 aromatic rings. The van der Waals surface area contributed by atoms with Crippen molar-refractivity contribution in [1.29, 1.82) is 0 Å². The quantitative estimate of drug-likeness (QED) is 0.753. The molecular formula is C21H22N6O. The van der Waals surface area contributed by atoms with E-state index < -0.39 is 0 Å². The Hall–Kier alpha value is -3.22. The van der Waals surface area contributed by atoms with E-state index in [1.165, 1.54) is 5.57 Å². The Morgan fingerprint density at radius 2 is 1.57 bits per heavy atom. The normalized spacial score (nSPS) is 26.6. The standard InChI is InChI=1S/C21H22N6O/c28-21-24-15-9-7-13-14(8-10-16(15)25-21)20(18-6-2-4-12-23-18)27-26-19(13)17-5-1-3-11-22-17/h1-6,11-13,15-16,27H,7-10H2,(H2,24,25,28)/t13?,15-,16+/m0/s1. The molecule has 142 valence electrons. The molecule has 7 heteroatoms. The molecule has 3 N–H and O–H groups in total. The molecule has 3 aliphatic rings.